The SMILES string of the molecule is O=C(c1cc(C2CC2)[nH]n1)N1CCC(Cn2cnccc2=O)CC1. The van der Waals surface area contributed by atoms with Crippen molar-refractivity contribution < 1.29 is 4.79 Å². The van der Waals surface area contributed by atoms with Gasteiger partial charge in [-0.3, -0.25) is 19.3 Å². The number of carbonyl (C=O) groups is 1. The summed E-state index contributed by atoms with van der Waals surface area (Å²) in [4.78, 5) is 30.2. The summed E-state index contributed by atoms with van der Waals surface area (Å²) in [5, 5.41) is 7.17. The molecule has 2 aromatic rings. The predicted octanol–water partition coefficient (Wildman–Crippen LogP) is 1.40. The first-order valence-electron chi connectivity index (χ1n) is 8.56. The number of piperidine rings is 1. The Balaban J connectivity index is 1.34. The molecule has 1 N–H and O–H groups in total. The Kier molecular flexibility index (Phi) is 3.92. The smallest absolute Gasteiger partial charge is 0.274 e. The minimum Gasteiger partial charge on any atom is -0.337 e. The molecule has 1 saturated carbocycles. The lowest BCUT2D eigenvalue weighted by atomic mass is 9.96. The lowest BCUT2D eigenvalue weighted by Crippen LogP contribution is -2.40. The first kappa shape index (κ1) is 15.1. The summed E-state index contributed by atoms with van der Waals surface area (Å²) in [5.74, 6) is 0.981. The van der Waals surface area contributed by atoms with E-state index in [9.17, 15) is 9.59 Å². The molecule has 1 aliphatic heterocycles. The van der Waals surface area contributed by atoms with E-state index < -0.39 is 0 Å². The number of likely N-dealkylation sites (tertiary alicyclic amines) is 1. The van der Waals surface area contributed by atoms with Crippen molar-refractivity contribution in [1.29, 1.82) is 0 Å². The lowest BCUT2D eigenvalue weighted by Gasteiger charge is -2.31. The second-order valence-corrected chi connectivity index (χ2v) is 6.79. The van der Waals surface area contributed by atoms with Gasteiger partial charge in [-0.2, -0.15) is 5.10 Å². The Morgan fingerprint density at radius 1 is 1.25 bits per heavy atom. The van der Waals surface area contributed by atoms with Gasteiger partial charge < -0.3 is 4.90 Å². The van der Waals surface area contributed by atoms with E-state index in [1.807, 2.05) is 11.0 Å². The Morgan fingerprint density at radius 2 is 2.04 bits per heavy atom. The van der Waals surface area contributed by atoms with E-state index in [-0.39, 0.29) is 11.5 Å². The molecule has 1 amide bonds. The Labute approximate surface area is 139 Å². The van der Waals surface area contributed by atoms with Crippen molar-refractivity contribution >= 4 is 5.91 Å². The fourth-order valence-electron chi connectivity index (χ4n) is 3.32. The molecule has 7 nitrogen and oxygen atoms in total. The maximum absolute atomic E-state index is 12.6. The van der Waals surface area contributed by atoms with Crippen molar-refractivity contribution in [2.45, 2.75) is 38.1 Å². The summed E-state index contributed by atoms with van der Waals surface area (Å²) in [6, 6.07) is 3.38. The normalized spacial score (nSPS) is 18.8. The van der Waals surface area contributed by atoms with Crippen LogP contribution in [0.3, 0.4) is 0 Å². The monoisotopic (exact) mass is 327 g/mol. The number of aromatic amines is 1. The van der Waals surface area contributed by atoms with Gasteiger partial charge in [-0.25, -0.2) is 4.98 Å². The zero-order valence-electron chi connectivity index (χ0n) is 13.5. The van der Waals surface area contributed by atoms with Gasteiger partial charge in [0.15, 0.2) is 0 Å². The summed E-state index contributed by atoms with van der Waals surface area (Å²) in [5.41, 5.74) is 1.59. The molecule has 0 spiro atoms. The van der Waals surface area contributed by atoms with E-state index in [0.29, 0.717) is 37.2 Å². The third-order valence-corrected chi connectivity index (χ3v) is 4.98. The molecule has 4 rings (SSSR count). The van der Waals surface area contributed by atoms with Crippen LogP contribution in [0.1, 0.15) is 47.8 Å². The number of H-pyrrole nitrogens is 1. The molecule has 0 atom stereocenters. The zero-order chi connectivity index (χ0) is 16.5. The van der Waals surface area contributed by atoms with Crippen LogP contribution in [0, 0.1) is 5.92 Å². The summed E-state index contributed by atoms with van der Waals surface area (Å²) in [7, 11) is 0. The molecule has 2 aromatic heterocycles. The topological polar surface area (TPSA) is 83.9 Å². The third-order valence-electron chi connectivity index (χ3n) is 4.98. The van der Waals surface area contributed by atoms with E-state index in [4.69, 9.17) is 0 Å². The van der Waals surface area contributed by atoms with Gasteiger partial charge in [0.2, 0.25) is 0 Å². The molecular formula is C17H21N5O2. The summed E-state index contributed by atoms with van der Waals surface area (Å²) in [6.07, 6.45) is 7.27. The van der Waals surface area contributed by atoms with Crippen LogP contribution >= 0.6 is 0 Å². The standard InChI is InChI=1S/C17H21N5O2/c23-16-3-6-18-11-22(16)10-12-4-7-21(8-5-12)17(24)15-9-14(19-20-15)13-1-2-13/h3,6,9,11-13H,1-2,4-5,7-8,10H2,(H,19,20). The van der Waals surface area contributed by atoms with Gasteiger partial charge >= 0.3 is 0 Å². The highest BCUT2D eigenvalue weighted by molar-refractivity contribution is 5.92. The van der Waals surface area contributed by atoms with Crippen molar-refractivity contribution in [2.24, 2.45) is 5.92 Å². The van der Waals surface area contributed by atoms with Gasteiger partial charge in [0, 0.05) is 43.5 Å². The van der Waals surface area contributed by atoms with Crippen LogP contribution in [0.15, 0.2) is 29.5 Å². The predicted molar refractivity (Wildman–Crippen MR) is 87.7 cm³/mol. The Morgan fingerprint density at radius 3 is 2.75 bits per heavy atom. The second-order valence-electron chi connectivity index (χ2n) is 6.79. The molecule has 7 heteroatoms. The first-order chi connectivity index (χ1) is 11.7. The average Bonchev–Trinajstić information content (AvgIpc) is 3.34. The van der Waals surface area contributed by atoms with E-state index in [1.54, 1.807) is 10.9 Å². The van der Waals surface area contributed by atoms with Crippen molar-refractivity contribution in [3.63, 3.8) is 0 Å². The van der Waals surface area contributed by atoms with Crippen LogP contribution in [0.2, 0.25) is 0 Å². The van der Waals surface area contributed by atoms with Crippen molar-refractivity contribution in [2.75, 3.05) is 13.1 Å². The average molecular weight is 327 g/mol. The zero-order valence-corrected chi connectivity index (χ0v) is 13.5. The summed E-state index contributed by atoms with van der Waals surface area (Å²) in [6.45, 7) is 2.09. The largest absolute Gasteiger partial charge is 0.337 e. The molecule has 0 radical (unpaired) electrons. The number of rotatable bonds is 4. The highest BCUT2D eigenvalue weighted by Crippen LogP contribution is 2.39. The fourth-order valence-corrected chi connectivity index (χ4v) is 3.32. The molecule has 3 heterocycles. The molecular weight excluding hydrogens is 306 g/mol. The van der Waals surface area contributed by atoms with Crippen molar-refractivity contribution in [3.05, 3.63) is 46.4 Å². The van der Waals surface area contributed by atoms with Crippen molar-refractivity contribution in [3.8, 4) is 0 Å². The Bertz CT molecular complexity index is 784. The van der Waals surface area contributed by atoms with Gasteiger partial charge in [0.25, 0.3) is 11.5 Å². The quantitative estimate of drug-likeness (QED) is 0.920. The van der Waals surface area contributed by atoms with Crippen LogP contribution in [0.5, 0.6) is 0 Å². The van der Waals surface area contributed by atoms with Crippen LogP contribution in [-0.4, -0.2) is 43.6 Å². The van der Waals surface area contributed by atoms with E-state index in [0.717, 1.165) is 18.5 Å². The number of nitrogens with one attached hydrogen (secondary N) is 1. The van der Waals surface area contributed by atoms with Crippen LogP contribution in [0.25, 0.3) is 0 Å². The molecule has 2 fully saturated rings. The van der Waals surface area contributed by atoms with Gasteiger partial charge in [-0.05, 0) is 37.7 Å². The first-order valence-corrected chi connectivity index (χ1v) is 8.56. The highest BCUT2D eigenvalue weighted by atomic mass is 16.2. The van der Waals surface area contributed by atoms with Gasteiger partial charge in [0.1, 0.15) is 5.69 Å². The summed E-state index contributed by atoms with van der Waals surface area (Å²) < 4.78 is 1.65. The fraction of sp³-hybridized carbons (Fsp3) is 0.529. The highest BCUT2D eigenvalue weighted by Gasteiger charge is 2.29. The molecule has 1 saturated heterocycles. The second kappa shape index (κ2) is 6.22. The molecule has 126 valence electrons. The van der Waals surface area contributed by atoms with Crippen LogP contribution in [-0.2, 0) is 6.54 Å². The van der Waals surface area contributed by atoms with Gasteiger partial charge in [-0.15, -0.1) is 0 Å². The van der Waals surface area contributed by atoms with Gasteiger partial charge in [-0.1, -0.05) is 0 Å². The molecule has 1 aliphatic carbocycles. The lowest BCUT2D eigenvalue weighted by molar-refractivity contribution is 0.0676. The van der Waals surface area contributed by atoms with E-state index in [2.05, 4.69) is 15.2 Å². The minimum absolute atomic E-state index is 0.00939. The molecule has 0 bridgehead atoms. The number of aromatic nitrogens is 4. The molecule has 0 aromatic carbocycles. The molecule has 24 heavy (non-hydrogen) atoms. The van der Waals surface area contributed by atoms with Crippen molar-refractivity contribution in [1.82, 2.24) is 24.6 Å². The van der Waals surface area contributed by atoms with Crippen LogP contribution < -0.4 is 5.56 Å². The summed E-state index contributed by atoms with van der Waals surface area (Å²) >= 11 is 0. The van der Waals surface area contributed by atoms with E-state index >= 15 is 0 Å². The third kappa shape index (κ3) is 3.11. The van der Waals surface area contributed by atoms with Crippen LogP contribution in [0.4, 0.5) is 0 Å². The number of carbonyl (C=O) groups excluding carboxylic acids is 1. The molecule has 0 unspecified atom stereocenters. The number of amides is 1. The minimum atomic E-state index is -0.0207. The van der Waals surface area contributed by atoms with E-state index in [1.165, 1.54) is 25.1 Å². The Hall–Kier alpha value is -2.44. The maximum atomic E-state index is 12.6. The maximum Gasteiger partial charge on any atom is 0.274 e. The number of nitrogens with zero attached hydrogens (tertiary/aromatic N) is 4. The molecule has 2 aliphatic rings. The number of hydrogen-bond donors (Lipinski definition) is 1. The number of hydrogen-bond acceptors (Lipinski definition) is 4. The van der Waals surface area contributed by atoms with Gasteiger partial charge in [0.05, 0.1) is 6.33 Å².